The fourth-order valence-electron chi connectivity index (χ4n) is 4.60. The Morgan fingerprint density at radius 2 is 2.00 bits per heavy atom. The van der Waals surface area contributed by atoms with Gasteiger partial charge in [-0.3, -0.25) is 4.68 Å². The van der Waals surface area contributed by atoms with Gasteiger partial charge in [0.25, 0.3) is 0 Å². The molecule has 0 saturated carbocycles. The molecule has 4 rings (SSSR count). The van der Waals surface area contributed by atoms with Crippen LogP contribution < -0.4 is 10.6 Å². The average Bonchev–Trinajstić information content (AvgIpc) is 3.17. The first-order chi connectivity index (χ1) is 16.4. The normalized spacial score (nSPS) is 16.1. The smallest absolute Gasteiger partial charge is 0.228 e. The number of benzene rings is 1. The van der Waals surface area contributed by atoms with Crippen molar-refractivity contribution >= 4 is 35.1 Å². The molecule has 0 radical (unpaired) electrons. The molecule has 7 nitrogen and oxygen atoms in total. The largest absolute Gasteiger partial charge is 0.321 e. The zero-order chi connectivity index (χ0) is 24.2. The van der Waals surface area contributed by atoms with E-state index < -0.39 is 0 Å². The van der Waals surface area contributed by atoms with E-state index in [1.165, 1.54) is 12.5 Å². The molecule has 0 amide bonds. The Kier molecular flexibility index (Phi) is 7.17. The molecule has 3 aromatic rings. The Hall–Kier alpha value is -3.39. The van der Waals surface area contributed by atoms with Crippen LogP contribution in [-0.4, -0.2) is 40.5 Å². The minimum atomic E-state index is -0.375. The van der Waals surface area contributed by atoms with Crippen molar-refractivity contribution in [1.82, 2.24) is 25.4 Å². The van der Waals surface area contributed by atoms with E-state index in [1.807, 2.05) is 42.2 Å². The van der Waals surface area contributed by atoms with E-state index in [9.17, 15) is 4.39 Å². The fourth-order valence-corrected chi connectivity index (χ4v) is 4.60. The second kappa shape index (κ2) is 10.3. The lowest BCUT2D eigenvalue weighted by molar-refractivity contribution is 0.459. The number of fused-ring (bicyclic) bond motifs is 1. The van der Waals surface area contributed by atoms with Gasteiger partial charge in [-0.1, -0.05) is 26.0 Å². The number of hydrogen-bond acceptors (Lipinski definition) is 4. The molecular weight excluding hydrogens is 429 g/mol. The van der Waals surface area contributed by atoms with Crippen molar-refractivity contribution in [3.63, 3.8) is 0 Å². The molecule has 0 unspecified atom stereocenters. The number of pyridine rings is 1. The molecule has 1 aromatic carbocycles. The second-order valence-electron chi connectivity index (χ2n) is 9.00. The minimum Gasteiger partial charge on any atom is -0.321 e. The fraction of sp³-hybridized carbons (Fsp3) is 0.385. The van der Waals surface area contributed by atoms with Gasteiger partial charge in [0.15, 0.2) is 5.82 Å². The number of allylic oxidation sites excluding steroid dienone is 1. The van der Waals surface area contributed by atoms with Crippen molar-refractivity contribution in [3.8, 4) is 0 Å². The third kappa shape index (κ3) is 5.07. The summed E-state index contributed by atoms with van der Waals surface area (Å²) in [5.74, 6) is 1.10. The van der Waals surface area contributed by atoms with E-state index in [0.29, 0.717) is 17.3 Å². The first-order valence-electron chi connectivity index (χ1n) is 11.7. The number of hydrogen-bond donors (Lipinski definition) is 2. The standard InChI is InChI=1S/C26H32FN7/c1-16(2)25-21-14-19(6-8-22(21)33-34(25)5)24(17(3)27)32-26(28-4)31-23-9-7-20(15-30-23)18-10-12-29-13-11-18/h6-9,14-16,18,29H,4,10-13H2,1-3,5H3,(H,30,31,32)/b24-17+. The van der Waals surface area contributed by atoms with Crippen LogP contribution in [0.25, 0.3) is 16.6 Å². The molecule has 3 heterocycles. The lowest BCUT2D eigenvalue weighted by Crippen LogP contribution is -2.26. The van der Waals surface area contributed by atoms with Crippen molar-refractivity contribution in [2.75, 3.05) is 13.1 Å². The van der Waals surface area contributed by atoms with E-state index in [4.69, 9.17) is 0 Å². The molecule has 1 aliphatic rings. The number of aryl methyl sites for hydroxylation is 1. The Bertz CT molecular complexity index is 1230. The van der Waals surface area contributed by atoms with E-state index in [0.717, 1.165) is 42.5 Å². The van der Waals surface area contributed by atoms with Gasteiger partial charge in [-0.15, -0.1) is 0 Å². The zero-order valence-electron chi connectivity index (χ0n) is 20.3. The van der Waals surface area contributed by atoms with Crippen LogP contribution in [0.2, 0.25) is 0 Å². The summed E-state index contributed by atoms with van der Waals surface area (Å²) in [6, 6.07) is 9.63. The molecule has 0 bridgehead atoms. The van der Waals surface area contributed by atoms with Crippen LogP contribution in [0.5, 0.6) is 0 Å². The molecule has 8 heteroatoms. The first-order valence-corrected chi connectivity index (χ1v) is 11.7. The number of aromatic nitrogens is 3. The number of piperidine rings is 1. The molecule has 178 valence electrons. The Morgan fingerprint density at radius 1 is 1.24 bits per heavy atom. The van der Waals surface area contributed by atoms with Gasteiger partial charge in [-0.05, 0) is 75.2 Å². The maximum Gasteiger partial charge on any atom is 0.228 e. The van der Waals surface area contributed by atoms with Gasteiger partial charge in [-0.25, -0.2) is 14.4 Å². The maximum atomic E-state index is 14.7. The summed E-state index contributed by atoms with van der Waals surface area (Å²) >= 11 is 0. The quantitative estimate of drug-likeness (QED) is 0.405. The van der Waals surface area contributed by atoms with Gasteiger partial charge in [0.05, 0.1) is 11.2 Å². The Labute approximate surface area is 199 Å². The van der Waals surface area contributed by atoms with Gasteiger partial charge in [0, 0.05) is 29.9 Å². The molecule has 2 aromatic heterocycles. The maximum absolute atomic E-state index is 14.7. The van der Waals surface area contributed by atoms with Gasteiger partial charge in [0.1, 0.15) is 5.83 Å². The third-order valence-corrected chi connectivity index (χ3v) is 6.25. The van der Waals surface area contributed by atoms with E-state index in [-0.39, 0.29) is 23.4 Å². The van der Waals surface area contributed by atoms with Gasteiger partial charge in [0.2, 0.25) is 5.96 Å². The van der Waals surface area contributed by atoms with E-state index in [2.05, 4.69) is 57.3 Å². The molecule has 0 atom stereocenters. The van der Waals surface area contributed by atoms with Crippen LogP contribution in [0.3, 0.4) is 0 Å². The van der Waals surface area contributed by atoms with E-state index >= 15 is 0 Å². The van der Waals surface area contributed by atoms with Crippen LogP contribution in [0.1, 0.15) is 62.3 Å². The van der Waals surface area contributed by atoms with Crippen LogP contribution in [0, 0.1) is 0 Å². The molecule has 1 aliphatic heterocycles. The second-order valence-corrected chi connectivity index (χ2v) is 9.00. The summed E-state index contributed by atoms with van der Waals surface area (Å²) in [4.78, 5) is 12.9. The minimum absolute atomic E-state index is 0.185. The summed E-state index contributed by atoms with van der Waals surface area (Å²) < 4.78 is 16.6. The topological polar surface area (TPSA) is 79.5 Å². The SMILES string of the molecule is C=NC(=Nc1ccc(C2CCNCC2)cn1)N/C(=C(\C)F)c1ccc2nn(C)c(C(C)C)c2c1. The van der Waals surface area contributed by atoms with Gasteiger partial charge >= 0.3 is 0 Å². The van der Waals surface area contributed by atoms with Crippen LogP contribution >= 0.6 is 0 Å². The highest BCUT2D eigenvalue weighted by Gasteiger charge is 2.17. The predicted octanol–water partition coefficient (Wildman–Crippen LogP) is 5.19. The average molecular weight is 462 g/mol. The number of aliphatic imine (C=N–C) groups is 2. The van der Waals surface area contributed by atoms with E-state index in [1.54, 1.807) is 0 Å². The van der Waals surface area contributed by atoms with Gasteiger partial charge in [-0.2, -0.15) is 10.1 Å². The summed E-state index contributed by atoms with van der Waals surface area (Å²) in [6.45, 7) is 11.3. The number of nitrogens with one attached hydrogen (secondary N) is 2. The number of guanidine groups is 1. The molecule has 0 aliphatic carbocycles. The molecule has 2 N–H and O–H groups in total. The zero-order valence-corrected chi connectivity index (χ0v) is 20.3. The van der Waals surface area contributed by atoms with Crippen molar-refractivity contribution < 1.29 is 4.39 Å². The summed E-state index contributed by atoms with van der Waals surface area (Å²) in [5, 5.41) is 12.0. The monoisotopic (exact) mass is 461 g/mol. The summed E-state index contributed by atoms with van der Waals surface area (Å²) in [7, 11) is 1.93. The Morgan fingerprint density at radius 3 is 2.62 bits per heavy atom. The molecular formula is C26H32FN7. The first kappa shape index (κ1) is 23.8. The lowest BCUT2D eigenvalue weighted by atomic mass is 9.91. The highest BCUT2D eigenvalue weighted by molar-refractivity contribution is 5.95. The van der Waals surface area contributed by atoms with Crippen molar-refractivity contribution in [2.24, 2.45) is 17.0 Å². The van der Waals surface area contributed by atoms with Crippen molar-refractivity contribution in [3.05, 3.63) is 59.2 Å². The number of halogens is 1. The van der Waals surface area contributed by atoms with Crippen LogP contribution in [-0.2, 0) is 7.05 Å². The Balaban J connectivity index is 1.60. The lowest BCUT2D eigenvalue weighted by Gasteiger charge is -2.22. The molecule has 1 saturated heterocycles. The summed E-state index contributed by atoms with van der Waals surface area (Å²) in [5.41, 5.74) is 4.17. The van der Waals surface area contributed by atoms with Crippen molar-refractivity contribution in [2.45, 2.75) is 45.4 Å². The van der Waals surface area contributed by atoms with Crippen molar-refractivity contribution in [1.29, 1.82) is 0 Å². The van der Waals surface area contributed by atoms with Crippen LogP contribution in [0.4, 0.5) is 10.2 Å². The predicted molar refractivity (Wildman–Crippen MR) is 137 cm³/mol. The summed E-state index contributed by atoms with van der Waals surface area (Å²) in [6.07, 6.45) is 4.08. The third-order valence-electron chi connectivity index (χ3n) is 6.25. The molecule has 0 spiro atoms. The highest BCUT2D eigenvalue weighted by Crippen LogP contribution is 2.29. The number of rotatable bonds is 5. The highest BCUT2D eigenvalue weighted by atomic mass is 19.1. The van der Waals surface area contributed by atoms with Crippen LogP contribution in [0.15, 0.2) is 52.3 Å². The molecule has 1 fully saturated rings. The number of nitrogens with zero attached hydrogens (tertiary/aromatic N) is 5. The molecule has 34 heavy (non-hydrogen) atoms. The van der Waals surface area contributed by atoms with Gasteiger partial charge < -0.3 is 10.6 Å².